The van der Waals surface area contributed by atoms with Gasteiger partial charge in [0, 0.05) is 16.6 Å². The molecule has 0 aromatic heterocycles. The number of benzene rings is 1. The second-order valence-electron chi connectivity index (χ2n) is 3.76. The number of hydrogen-bond donors (Lipinski definition) is 1. The van der Waals surface area contributed by atoms with Crippen molar-refractivity contribution < 1.29 is 83.7 Å². The van der Waals surface area contributed by atoms with Crippen LogP contribution in [0.4, 0.5) is 0 Å². The first kappa shape index (κ1) is 23.2. The number of amides is 1. The molecule has 1 aromatic carbocycles. The maximum atomic E-state index is 11.7. The van der Waals surface area contributed by atoms with Crippen molar-refractivity contribution in [1.29, 1.82) is 0 Å². The Morgan fingerprint density at radius 1 is 1.10 bits per heavy atom. The van der Waals surface area contributed by atoms with Gasteiger partial charge in [0.25, 0.3) is 5.91 Å². The number of hydrogen-bond acceptors (Lipinski definition) is 5. The number of carboxylic acids is 2. The van der Waals surface area contributed by atoms with E-state index in [1.165, 1.54) is 24.3 Å². The Hall–Kier alpha value is -0.0800. The van der Waals surface area contributed by atoms with Crippen LogP contribution in [0.1, 0.15) is 23.2 Å². The number of aliphatic carboxylic acids is 2. The minimum Gasteiger partial charge on any atom is -0.550 e. The monoisotopic (exact) mass is 329 g/mol. The summed E-state index contributed by atoms with van der Waals surface area (Å²) in [5.41, 5.74) is 0.212. The van der Waals surface area contributed by atoms with E-state index >= 15 is 0 Å². The van der Waals surface area contributed by atoms with E-state index in [1.807, 2.05) is 0 Å². The summed E-state index contributed by atoms with van der Waals surface area (Å²) in [6, 6.07) is 4.41. The van der Waals surface area contributed by atoms with Crippen LogP contribution in [0.25, 0.3) is 0 Å². The van der Waals surface area contributed by atoms with Crippen molar-refractivity contribution in [3.8, 4) is 0 Å². The Morgan fingerprint density at radius 3 is 2.05 bits per heavy atom. The van der Waals surface area contributed by atoms with Crippen molar-refractivity contribution in [3.63, 3.8) is 0 Å². The van der Waals surface area contributed by atoms with E-state index in [4.69, 9.17) is 11.6 Å². The van der Waals surface area contributed by atoms with E-state index in [-0.39, 0.29) is 71.1 Å². The van der Waals surface area contributed by atoms with Crippen LogP contribution in [0.5, 0.6) is 0 Å². The molecule has 0 spiro atoms. The zero-order valence-corrected chi connectivity index (χ0v) is 16.5. The zero-order chi connectivity index (χ0) is 14.4. The van der Waals surface area contributed by atoms with Gasteiger partial charge >= 0.3 is 59.1 Å². The molecule has 1 aromatic rings. The van der Waals surface area contributed by atoms with Gasteiger partial charge in [-0.15, -0.1) is 0 Å². The molecule has 0 heterocycles. The van der Waals surface area contributed by atoms with E-state index in [0.29, 0.717) is 5.02 Å². The Balaban J connectivity index is 0. The molecule has 0 bridgehead atoms. The van der Waals surface area contributed by atoms with Gasteiger partial charge in [-0.3, -0.25) is 4.79 Å². The van der Waals surface area contributed by atoms with Gasteiger partial charge < -0.3 is 25.1 Å². The molecule has 6 nitrogen and oxygen atoms in total. The quantitative estimate of drug-likeness (QED) is 0.522. The topological polar surface area (TPSA) is 109 Å². The van der Waals surface area contributed by atoms with Crippen molar-refractivity contribution in [2.24, 2.45) is 0 Å². The summed E-state index contributed by atoms with van der Waals surface area (Å²) in [7, 11) is 0. The predicted octanol–water partition coefficient (Wildman–Crippen LogP) is -7.27. The van der Waals surface area contributed by atoms with Gasteiger partial charge in [0.15, 0.2) is 0 Å². The first-order chi connectivity index (χ1) is 8.90. The van der Waals surface area contributed by atoms with Crippen molar-refractivity contribution in [3.05, 3.63) is 34.9 Å². The Labute approximate surface area is 170 Å². The predicted molar refractivity (Wildman–Crippen MR) is 62.0 cm³/mol. The maximum Gasteiger partial charge on any atom is 1.00 e. The summed E-state index contributed by atoms with van der Waals surface area (Å²) >= 11 is 5.65. The Bertz CT molecular complexity index is 495. The summed E-state index contributed by atoms with van der Waals surface area (Å²) in [6.07, 6.45) is -0.788. The number of carbonyl (C=O) groups excluding carboxylic acids is 3. The van der Waals surface area contributed by atoms with Crippen LogP contribution in [0.15, 0.2) is 24.3 Å². The fraction of sp³-hybridized carbons (Fsp3) is 0.250. The Kier molecular flexibility index (Phi) is 12.7. The van der Waals surface area contributed by atoms with Crippen LogP contribution in [0, 0.1) is 0 Å². The summed E-state index contributed by atoms with van der Waals surface area (Å²) in [4.78, 5) is 32.7. The maximum absolute atomic E-state index is 11.7. The number of carbonyl (C=O) groups is 3. The van der Waals surface area contributed by atoms with Crippen LogP contribution in [-0.4, -0.2) is 23.9 Å². The molecule has 0 fully saturated rings. The molecular formula is C12H10ClNNa2O5. The van der Waals surface area contributed by atoms with Gasteiger partial charge in [0.05, 0.1) is 12.0 Å². The molecule has 0 aliphatic rings. The molecule has 0 aliphatic heterocycles. The molecule has 102 valence electrons. The largest absolute Gasteiger partial charge is 1.00 e. The van der Waals surface area contributed by atoms with Crippen molar-refractivity contribution in [1.82, 2.24) is 5.32 Å². The van der Waals surface area contributed by atoms with Gasteiger partial charge in [-0.2, -0.15) is 0 Å². The minimum atomic E-state index is -1.55. The third-order valence-corrected chi connectivity index (χ3v) is 2.59. The molecule has 1 rings (SSSR count). The number of nitrogens with one attached hydrogen (secondary N) is 1. The number of halogens is 1. The van der Waals surface area contributed by atoms with Gasteiger partial charge in [0.2, 0.25) is 0 Å². The van der Waals surface area contributed by atoms with E-state index in [0.717, 1.165) is 0 Å². The van der Waals surface area contributed by atoms with Crippen LogP contribution >= 0.6 is 11.6 Å². The average Bonchev–Trinajstić information content (AvgIpc) is 2.34. The second kappa shape index (κ2) is 11.5. The molecule has 1 N–H and O–H groups in total. The van der Waals surface area contributed by atoms with Crippen LogP contribution < -0.4 is 74.6 Å². The van der Waals surface area contributed by atoms with Gasteiger partial charge in [0.1, 0.15) is 0 Å². The molecule has 1 amide bonds. The minimum absolute atomic E-state index is 0. The molecular weight excluding hydrogens is 320 g/mol. The molecule has 21 heavy (non-hydrogen) atoms. The summed E-state index contributed by atoms with van der Waals surface area (Å²) in [5.74, 6) is -3.60. The van der Waals surface area contributed by atoms with Crippen LogP contribution in [0.3, 0.4) is 0 Å². The molecule has 0 saturated carbocycles. The molecule has 9 heteroatoms. The fourth-order valence-corrected chi connectivity index (χ4v) is 1.48. The SMILES string of the molecule is O=C([O-])CCC(NC(=O)c1ccc(Cl)cc1)C(=O)[O-].[Na+].[Na+]. The Morgan fingerprint density at radius 2 is 1.62 bits per heavy atom. The third kappa shape index (κ3) is 8.83. The molecule has 1 atom stereocenters. The van der Waals surface area contributed by atoms with Gasteiger partial charge in [-0.05, 0) is 37.1 Å². The van der Waals surface area contributed by atoms with Crippen LogP contribution in [-0.2, 0) is 9.59 Å². The normalized spacial score (nSPS) is 10.5. The van der Waals surface area contributed by atoms with E-state index in [9.17, 15) is 24.6 Å². The fourth-order valence-electron chi connectivity index (χ4n) is 1.35. The second-order valence-corrected chi connectivity index (χ2v) is 4.20. The number of carboxylic acid groups (broad SMARTS) is 2. The van der Waals surface area contributed by atoms with Crippen molar-refractivity contribution >= 4 is 29.4 Å². The van der Waals surface area contributed by atoms with Gasteiger partial charge in [-0.25, -0.2) is 0 Å². The van der Waals surface area contributed by atoms with Crippen LogP contribution in [0.2, 0.25) is 5.02 Å². The zero-order valence-electron chi connectivity index (χ0n) is 11.7. The van der Waals surface area contributed by atoms with E-state index < -0.39 is 30.3 Å². The average molecular weight is 330 g/mol. The van der Waals surface area contributed by atoms with E-state index in [1.54, 1.807) is 0 Å². The third-order valence-electron chi connectivity index (χ3n) is 2.33. The summed E-state index contributed by atoms with van der Waals surface area (Å²) in [6.45, 7) is 0. The first-order valence-electron chi connectivity index (χ1n) is 5.37. The van der Waals surface area contributed by atoms with Gasteiger partial charge in [-0.1, -0.05) is 11.6 Å². The van der Waals surface area contributed by atoms with E-state index in [2.05, 4.69) is 5.32 Å². The molecule has 1 unspecified atom stereocenters. The van der Waals surface area contributed by atoms with Crippen molar-refractivity contribution in [2.75, 3.05) is 0 Å². The standard InChI is InChI=1S/C12H12ClNO5.2Na/c13-8-3-1-7(2-4-8)11(17)14-9(12(18)19)5-6-10(15)16;;/h1-4,9H,5-6H2,(H,14,17)(H,15,16)(H,18,19);;/q;2*+1/p-2. The molecule has 0 saturated heterocycles. The first-order valence-corrected chi connectivity index (χ1v) is 5.75. The summed E-state index contributed by atoms with van der Waals surface area (Å²) in [5, 5.41) is 23.6. The smallest absolute Gasteiger partial charge is 0.550 e. The molecule has 0 aliphatic carbocycles. The number of rotatable bonds is 6. The molecule has 0 radical (unpaired) electrons. The van der Waals surface area contributed by atoms with Crippen molar-refractivity contribution in [2.45, 2.75) is 18.9 Å². The summed E-state index contributed by atoms with van der Waals surface area (Å²) < 4.78 is 0.